The predicted molar refractivity (Wildman–Crippen MR) is 35.8 cm³/mol. The summed E-state index contributed by atoms with van der Waals surface area (Å²) in [5.41, 5.74) is 0. The summed E-state index contributed by atoms with van der Waals surface area (Å²) in [5, 5.41) is 0. The average Bonchev–Trinajstić information content (AvgIpc) is 1.85. The highest BCUT2D eigenvalue weighted by Gasteiger charge is 1.97. The molecule has 0 rings (SSSR count). The molecule has 0 aromatic rings. The van der Waals surface area contributed by atoms with Gasteiger partial charge < -0.3 is 4.74 Å². The van der Waals surface area contributed by atoms with Gasteiger partial charge in [0.25, 0.3) is 0 Å². The van der Waals surface area contributed by atoms with Crippen LogP contribution in [0.4, 0.5) is 0 Å². The van der Waals surface area contributed by atoms with Crippen molar-refractivity contribution in [1.82, 2.24) is 0 Å². The minimum atomic E-state index is -0.110. The molecule has 0 N–H and O–H groups in total. The van der Waals surface area contributed by atoms with Gasteiger partial charge >= 0.3 is 5.97 Å². The molecular weight excluding hydrogens is 116 g/mol. The Morgan fingerprint density at radius 2 is 2.33 bits per heavy atom. The van der Waals surface area contributed by atoms with Crippen LogP contribution < -0.4 is 0 Å². The van der Waals surface area contributed by atoms with Crippen LogP contribution in [0.2, 0.25) is 0 Å². The van der Waals surface area contributed by atoms with E-state index >= 15 is 0 Å². The van der Waals surface area contributed by atoms with Crippen LogP contribution in [-0.2, 0) is 9.53 Å². The van der Waals surface area contributed by atoms with Crippen molar-refractivity contribution in [3.05, 3.63) is 6.92 Å². The molecule has 0 aromatic heterocycles. The Morgan fingerprint density at radius 3 is 2.78 bits per heavy atom. The molecule has 0 spiro atoms. The van der Waals surface area contributed by atoms with Crippen LogP contribution >= 0.6 is 0 Å². The van der Waals surface area contributed by atoms with Crippen LogP contribution in [0.25, 0.3) is 0 Å². The first kappa shape index (κ1) is 8.47. The van der Waals surface area contributed by atoms with Gasteiger partial charge in [0, 0.05) is 6.42 Å². The third kappa shape index (κ3) is 5.34. The molecule has 0 bridgehead atoms. The highest BCUT2D eigenvalue weighted by atomic mass is 16.5. The zero-order valence-electron chi connectivity index (χ0n) is 5.85. The van der Waals surface area contributed by atoms with E-state index in [1.165, 1.54) is 0 Å². The molecule has 0 aliphatic heterocycles. The van der Waals surface area contributed by atoms with E-state index in [0.29, 0.717) is 13.0 Å². The number of ether oxygens (including phenoxy) is 1. The quantitative estimate of drug-likeness (QED) is 0.538. The molecule has 1 radical (unpaired) electrons. The molecule has 0 unspecified atom stereocenters. The van der Waals surface area contributed by atoms with Gasteiger partial charge in [0.2, 0.25) is 0 Å². The van der Waals surface area contributed by atoms with E-state index in [1.54, 1.807) is 0 Å². The fourth-order valence-electron chi connectivity index (χ4n) is 0.502. The van der Waals surface area contributed by atoms with Crippen LogP contribution in [0, 0.1) is 6.92 Å². The number of carbonyl (C=O) groups excluding carboxylic acids is 1. The van der Waals surface area contributed by atoms with Crippen molar-refractivity contribution in [2.45, 2.75) is 26.2 Å². The van der Waals surface area contributed by atoms with Gasteiger partial charge in [-0.15, -0.1) is 0 Å². The van der Waals surface area contributed by atoms with Crippen molar-refractivity contribution in [3.63, 3.8) is 0 Å². The summed E-state index contributed by atoms with van der Waals surface area (Å²) in [4.78, 5) is 10.6. The maximum Gasteiger partial charge on any atom is 0.305 e. The molecule has 0 aromatic carbocycles. The van der Waals surface area contributed by atoms with Gasteiger partial charge in [0.1, 0.15) is 0 Å². The highest BCUT2D eigenvalue weighted by Crippen LogP contribution is 1.94. The van der Waals surface area contributed by atoms with Crippen LogP contribution in [0.1, 0.15) is 26.2 Å². The van der Waals surface area contributed by atoms with Crippen molar-refractivity contribution in [3.8, 4) is 0 Å². The van der Waals surface area contributed by atoms with Crippen molar-refractivity contribution >= 4 is 5.97 Å². The predicted octanol–water partition coefficient (Wildman–Crippen LogP) is 1.55. The first-order valence-electron chi connectivity index (χ1n) is 3.26. The molecule has 2 heteroatoms. The Labute approximate surface area is 56.2 Å². The summed E-state index contributed by atoms with van der Waals surface area (Å²) in [6, 6.07) is 0. The molecule has 0 saturated carbocycles. The molecule has 0 atom stereocenters. The molecule has 0 fully saturated rings. The lowest BCUT2D eigenvalue weighted by molar-refractivity contribution is -0.143. The lowest BCUT2D eigenvalue weighted by atomic mass is 10.3. The van der Waals surface area contributed by atoms with Gasteiger partial charge in [0.05, 0.1) is 6.61 Å². The smallest absolute Gasteiger partial charge is 0.305 e. The van der Waals surface area contributed by atoms with Crippen LogP contribution in [0.15, 0.2) is 0 Å². The minimum Gasteiger partial charge on any atom is -0.466 e. The topological polar surface area (TPSA) is 26.3 Å². The molecule has 9 heavy (non-hydrogen) atoms. The third-order valence-electron chi connectivity index (χ3n) is 0.936. The normalized spacial score (nSPS) is 9.11. The standard InChI is InChI=1S/C7H13O2/c1-3-5-6-7(8)9-4-2/h1,3-6H2,2H3. The molecule has 0 heterocycles. The Kier molecular flexibility index (Phi) is 5.27. The second kappa shape index (κ2) is 5.60. The average molecular weight is 129 g/mol. The van der Waals surface area contributed by atoms with Crippen molar-refractivity contribution in [2.75, 3.05) is 6.61 Å². The number of carbonyl (C=O) groups is 1. The van der Waals surface area contributed by atoms with E-state index in [0.717, 1.165) is 12.8 Å². The van der Waals surface area contributed by atoms with E-state index < -0.39 is 0 Å². The summed E-state index contributed by atoms with van der Waals surface area (Å²) in [6.07, 6.45) is 2.15. The zero-order valence-corrected chi connectivity index (χ0v) is 5.85. The van der Waals surface area contributed by atoms with Crippen molar-refractivity contribution in [2.24, 2.45) is 0 Å². The van der Waals surface area contributed by atoms with E-state index in [1.807, 2.05) is 6.92 Å². The number of unbranched alkanes of at least 4 members (excludes halogenated alkanes) is 1. The number of esters is 1. The van der Waals surface area contributed by atoms with Gasteiger partial charge in [0.15, 0.2) is 0 Å². The molecule has 53 valence electrons. The highest BCUT2D eigenvalue weighted by molar-refractivity contribution is 5.69. The van der Waals surface area contributed by atoms with Crippen molar-refractivity contribution in [1.29, 1.82) is 0 Å². The number of rotatable bonds is 4. The maximum absolute atomic E-state index is 10.6. The van der Waals surface area contributed by atoms with E-state index in [-0.39, 0.29) is 5.97 Å². The van der Waals surface area contributed by atoms with Gasteiger partial charge in [-0.1, -0.05) is 13.3 Å². The Bertz CT molecular complexity index is 79.0. The van der Waals surface area contributed by atoms with Gasteiger partial charge in [-0.25, -0.2) is 0 Å². The Balaban J connectivity index is 3.06. The first-order valence-corrected chi connectivity index (χ1v) is 3.26. The summed E-state index contributed by atoms with van der Waals surface area (Å²) in [7, 11) is 0. The van der Waals surface area contributed by atoms with Crippen molar-refractivity contribution < 1.29 is 9.53 Å². The monoisotopic (exact) mass is 129 g/mol. The molecule has 0 amide bonds. The number of hydrogen-bond acceptors (Lipinski definition) is 2. The molecule has 2 nitrogen and oxygen atoms in total. The lowest BCUT2D eigenvalue weighted by Crippen LogP contribution is -2.02. The Hall–Kier alpha value is -0.530. The molecule has 0 aliphatic carbocycles. The largest absolute Gasteiger partial charge is 0.466 e. The van der Waals surface area contributed by atoms with E-state index in [2.05, 4.69) is 11.7 Å². The van der Waals surface area contributed by atoms with E-state index in [9.17, 15) is 4.79 Å². The van der Waals surface area contributed by atoms with Crippen LogP contribution in [-0.4, -0.2) is 12.6 Å². The molecule has 0 saturated heterocycles. The number of hydrogen-bond donors (Lipinski definition) is 0. The second-order valence-electron chi connectivity index (χ2n) is 1.76. The third-order valence-corrected chi connectivity index (χ3v) is 0.936. The van der Waals surface area contributed by atoms with Gasteiger partial charge in [-0.2, -0.15) is 0 Å². The zero-order chi connectivity index (χ0) is 7.11. The summed E-state index contributed by atoms with van der Waals surface area (Å²) >= 11 is 0. The fraction of sp³-hybridized carbons (Fsp3) is 0.714. The van der Waals surface area contributed by atoms with Gasteiger partial charge in [-0.3, -0.25) is 4.79 Å². The fourth-order valence-corrected chi connectivity index (χ4v) is 0.502. The summed E-state index contributed by atoms with van der Waals surface area (Å²) in [6.45, 7) is 5.90. The van der Waals surface area contributed by atoms with Gasteiger partial charge in [-0.05, 0) is 13.3 Å². The second-order valence-corrected chi connectivity index (χ2v) is 1.76. The Morgan fingerprint density at radius 1 is 1.67 bits per heavy atom. The SMILES string of the molecule is [CH2]CCCC(=O)OCC. The van der Waals surface area contributed by atoms with Crippen LogP contribution in [0.3, 0.4) is 0 Å². The molecule has 0 aliphatic rings. The van der Waals surface area contributed by atoms with E-state index in [4.69, 9.17) is 0 Å². The summed E-state index contributed by atoms with van der Waals surface area (Å²) < 4.78 is 4.68. The first-order chi connectivity index (χ1) is 4.31. The maximum atomic E-state index is 10.6. The van der Waals surface area contributed by atoms with Crippen LogP contribution in [0.5, 0.6) is 0 Å². The molecular formula is C7H13O2. The minimum absolute atomic E-state index is 0.110. The summed E-state index contributed by atoms with van der Waals surface area (Å²) in [5.74, 6) is -0.110. The lowest BCUT2D eigenvalue weighted by Gasteiger charge is -1.97.